The number of carbonyl (C=O) groups excluding carboxylic acids is 3. The monoisotopic (exact) mass is 595 g/mol. The molecule has 1 atom stereocenters. The van der Waals surface area contributed by atoms with E-state index in [9.17, 15) is 14.4 Å². The lowest BCUT2D eigenvalue weighted by Crippen LogP contribution is -2.35. The molecule has 0 saturated carbocycles. The molecule has 0 aliphatic carbocycles. The lowest BCUT2D eigenvalue weighted by molar-refractivity contribution is -0.123. The zero-order valence-electron chi connectivity index (χ0n) is 21.0. The number of H-pyrrole nitrogens is 2. The summed E-state index contributed by atoms with van der Waals surface area (Å²) in [7, 11) is 0. The fraction of sp³-hybridized carbons (Fsp3) is 0.269. The molecule has 1 saturated heterocycles. The van der Waals surface area contributed by atoms with E-state index in [2.05, 4.69) is 51.8 Å². The third-order valence-corrected chi connectivity index (χ3v) is 6.63. The fourth-order valence-electron chi connectivity index (χ4n) is 4.09. The highest BCUT2D eigenvalue weighted by molar-refractivity contribution is 9.10. The number of aryl methyl sites for hydroxylation is 1. The van der Waals surface area contributed by atoms with E-state index in [1.807, 2.05) is 19.1 Å². The van der Waals surface area contributed by atoms with Crippen LogP contribution in [0.15, 0.2) is 47.2 Å². The number of ether oxygens (including phenoxy) is 2. The average Bonchev–Trinajstić information content (AvgIpc) is 3.68. The van der Waals surface area contributed by atoms with Crippen molar-refractivity contribution in [3.8, 4) is 5.75 Å². The molecule has 0 radical (unpaired) electrons. The second-order valence-electron chi connectivity index (χ2n) is 8.99. The van der Waals surface area contributed by atoms with Gasteiger partial charge in [-0.15, -0.1) is 0 Å². The summed E-state index contributed by atoms with van der Waals surface area (Å²) in [5, 5.41) is 8.23. The van der Waals surface area contributed by atoms with Gasteiger partial charge in [-0.25, -0.2) is 9.97 Å². The summed E-state index contributed by atoms with van der Waals surface area (Å²) in [6.07, 6.45) is 3.28. The smallest absolute Gasteiger partial charge is 0.276 e. The molecule has 5 rings (SSSR count). The average molecular weight is 596 g/mol. The number of imidazole rings is 2. The van der Waals surface area contributed by atoms with Crippen molar-refractivity contribution in [3.05, 3.63) is 64.1 Å². The zero-order valence-corrected chi connectivity index (χ0v) is 22.6. The summed E-state index contributed by atoms with van der Waals surface area (Å²) in [6.45, 7) is 2.91. The molecule has 5 N–H and O–H groups in total. The number of benzene rings is 2. The molecule has 3 heterocycles. The van der Waals surface area contributed by atoms with Gasteiger partial charge in [0.15, 0.2) is 12.3 Å². The molecule has 1 aliphatic heterocycles. The van der Waals surface area contributed by atoms with E-state index in [1.54, 1.807) is 24.3 Å². The molecule has 0 spiro atoms. The minimum Gasteiger partial charge on any atom is -0.484 e. The number of rotatable bonds is 9. The Morgan fingerprint density at radius 1 is 1.15 bits per heavy atom. The van der Waals surface area contributed by atoms with E-state index in [0.29, 0.717) is 29.0 Å². The number of carbonyl (C=O) groups is 3. The van der Waals surface area contributed by atoms with Crippen LogP contribution in [0.4, 0.5) is 11.6 Å². The van der Waals surface area contributed by atoms with Crippen LogP contribution in [0, 0.1) is 6.92 Å². The first-order valence-electron chi connectivity index (χ1n) is 12.3. The van der Waals surface area contributed by atoms with Crippen molar-refractivity contribution in [2.24, 2.45) is 0 Å². The van der Waals surface area contributed by atoms with Gasteiger partial charge in [-0.2, -0.15) is 0 Å². The molecule has 1 aliphatic rings. The van der Waals surface area contributed by atoms with Crippen molar-refractivity contribution in [3.63, 3.8) is 0 Å². The largest absolute Gasteiger partial charge is 0.484 e. The second kappa shape index (κ2) is 11.7. The highest BCUT2D eigenvalue weighted by atomic mass is 79.9. The summed E-state index contributed by atoms with van der Waals surface area (Å²) in [6, 6.07) is 10.6. The van der Waals surface area contributed by atoms with Crippen LogP contribution in [0.1, 0.15) is 39.4 Å². The van der Waals surface area contributed by atoms with Crippen LogP contribution in [-0.4, -0.2) is 63.5 Å². The Morgan fingerprint density at radius 3 is 2.85 bits per heavy atom. The van der Waals surface area contributed by atoms with Gasteiger partial charge >= 0.3 is 0 Å². The number of anilines is 2. The highest BCUT2D eigenvalue weighted by Gasteiger charge is 2.22. The summed E-state index contributed by atoms with van der Waals surface area (Å²) in [4.78, 5) is 52.0. The Labute approximate surface area is 231 Å². The van der Waals surface area contributed by atoms with Gasteiger partial charge in [-0.05, 0) is 49.6 Å². The van der Waals surface area contributed by atoms with E-state index >= 15 is 0 Å². The fourth-order valence-corrected chi connectivity index (χ4v) is 4.45. The van der Waals surface area contributed by atoms with Crippen molar-refractivity contribution in [2.75, 3.05) is 30.4 Å². The number of nitrogens with zero attached hydrogens (tertiary/aromatic N) is 2. The maximum atomic E-state index is 12.9. The third kappa shape index (κ3) is 6.44. The Kier molecular flexibility index (Phi) is 7.89. The predicted octanol–water partition coefficient (Wildman–Crippen LogP) is 3.54. The van der Waals surface area contributed by atoms with Gasteiger partial charge in [0.25, 0.3) is 17.7 Å². The van der Waals surface area contributed by atoms with Gasteiger partial charge in [0, 0.05) is 29.4 Å². The van der Waals surface area contributed by atoms with Crippen LogP contribution in [0.5, 0.6) is 5.75 Å². The number of halogens is 1. The van der Waals surface area contributed by atoms with Crippen molar-refractivity contribution in [2.45, 2.75) is 25.9 Å². The van der Waals surface area contributed by atoms with Crippen molar-refractivity contribution < 1.29 is 23.9 Å². The Hall–Kier alpha value is -4.23. The van der Waals surface area contributed by atoms with Crippen LogP contribution in [0.3, 0.4) is 0 Å². The normalized spacial score (nSPS) is 14.8. The molecule has 202 valence electrons. The lowest BCUT2D eigenvalue weighted by Gasteiger charge is -2.11. The minimum atomic E-state index is -0.595. The molecule has 3 amide bonds. The Bertz CT molecular complexity index is 1530. The first-order valence-corrected chi connectivity index (χ1v) is 13.1. The zero-order chi connectivity index (χ0) is 27.4. The number of fused-ring (bicyclic) bond motifs is 1. The van der Waals surface area contributed by atoms with Crippen molar-refractivity contribution in [1.82, 2.24) is 25.3 Å². The van der Waals surface area contributed by atoms with E-state index in [4.69, 9.17) is 9.47 Å². The van der Waals surface area contributed by atoms with Crippen LogP contribution >= 0.6 is 15.9 Å². The molecule has 1 fully saturated rings. The molecule has 4 aromatic rings. The van der Waals surface area contributed by atoms with E-state index in [1.165, 1.54) is 6.33 Å². The number of hydrogen-bond donors (Lipinski definition) is 5. The Balaban J connectivity index is 1.20. The predicted molar refractivity (Wildman–Crippen MR) is 147 cm³/mol. The van der Waals surface area contributed by atoms with E-state index < -0.39 is 11.8 Å². The van der Waals surface area contributed by atoms with Gasteiger partial charge in [-0.3, -0.25) is 19.7 Å². The van der Waals surface area contributed by atoms with Crippen LogP contribution < -0.4 is 20.7 Å². The lowest BCUT2D eigenvalue weighted by atomic mass is 10.2. The molecule has 39 heavy (non-hydrogen) atoms. The summed E-state index contributed by atoms with van der Waals surface area (Å²) in [5.74, 6) is -0.745. The molecular formula is C26H26BrN7O5. The molecule has 13 heteroatoms. The van der Waals surface area contributed by atoms with E-state index in [-0.39, 0.29) is 36.0 Å². The number of aromatic amines is 2. The quantitative estimate of drug-likeness (QED) is 0.197. The molecule has 1 unspecified atom stereocenters. The topological polar surface area (TPSA) is 163 Å². The van der Waals surface area contributed by atoms with Crippen LogP contribution in [-0.2, 0) is 9.53 Å². The molecule has 0 bridgehead atoms. The van der Waals surface area contributed by atoms with Gasteiger partial charge in [0.05, 0.1) is 23.5 Å². The van der Waals surface area contributed by atoms with Gasteiger partial charge in [0.2, 0.25) is 5.95 Å². The van der Waals surface area contributed by atoms with Crippen LogP contribution in [0.25, 0.3) is 11.0 Å². The first kappa shape index (κ1) is 26.4. The number of aromatic nitrogens is 4. The summed E-state index contributed by atoms with van der Waals surface area (Å²) in [5.41, 5.74) is 2.55. The van der Waals surface area contributed by atoms with Gasteiger partial charge in [0.1, 0.15) is 11.4 Å². The molecular weight excluding hydrogens is 570 g/mol. The van der Waals surface area contributed by atoms with E-state index in [0.717, 1.165) is 29.5 Å². The van der Waals surface area contributed by atoms with Crippen molar-refractivity contribution >= 4 is 56.3 Å². The van der Waals surface area contributed by atoms with Crippen molar-refractivity contribution in [1.29, 1.82) is 0 Å². The van der Waals surface area contributed by atoms with Crippen LogP contribution in [0.2, 0.25) is 0 Å². The van der Waals surface area contributed by atoms with Gasteiger partial charge in [-0.1, -0.05) is 22.0 Å². The maximum Gasteiger partial charge on any atom is 0.276 e. The molecule has 12 nitrogen and oxygen atoms in total. The highest BCUT2D eigenvalue weighted by Crippen LogP contribution is 2.23. The maximum absolute atomic E-state index is 12.9. The standard InChI is InChI=1S/C26H26BrN7O5/c1-14-4-5-15(27)9-19(14)31-24(36)22-23(30-13-29-22)25(37)34-26-32-18-7-6-16(10-20(18)33-26)39-12-21(35)28-11-17-3-2-8-38-17/h4-7,9-10,13,17H,2-3,8,11-12H2,1H3,(H,28,35)(H,29,30)(H,31,36)(H2,32,33,34,37). The summed E-state index contributed by atoms with van der Waals surface area (Å²) < 4.78 is 11.9. The number of nitrogens with one attached hydrogen (secondary N) is 5. The number of hydrogen-bond acceptors (Lipinski definition) is 7. The minimum absolute atomic E-state index is 0.0151. The van der Waals surface area contributed by atoms with Gasteiger partial charge < -0.3 is 30.1 Å². The number of amides is 3. The molecule has 2 aromatic heterocycles. The molecule has 2 aromatic carbocycles. The SMILES string of the molecule is Cc1ccc(Br)cc1NC(=O)c1nc[nH]c1C(=O)Nc1nc2cc(OCC(=O)NCC3CCCO3)ccc2[nH]1. The second-order valence-corrected chi connectivity index (χ2v) is 9.90. The summed E-state index contributed by atoms with van der Waals surface area (Å²) >= 11 is 3.38. The Morgan fingerprint density at radius 2 is 2.03 bits per heavy atom. The first-order chi connectivity index (χ1) is 18.9. The third-order valence-electron chi connectivity index (χ3n) is 6.14.